The number of carbonyl (C=O) groups is 2. The highest BCUT2D eigenvalue weighted by Gasteiger charge is 2.43. The topological polar surface area (TPSA) is 171 Å². The summed E-state index contributed by atoms with van der Waals surface area (Å²) < 4.78 is 11.8. The average molecular weight is 639 g/mol. The zero-order chi connectivity index (χ0) is 33.9. The minimum Gasteiger partial charge on any atom is -0.874 e. The fourth-order valence-electron chi connectivity index (χ4n) is 7.52. The first-order valence-corrected chi connectivity index (χ1v) is 15.7. The van der Waals surface area contributed by atoms with E-state index >= 15 is 0 Å². The van der Waals surface area contributed by atoms with Gasteiger partial charge >= 0.3 is 11.9 Å². The van der Waals surface area contributed by atoms with E-state index in [1.165, 1.54) is 14.2 Å². The molecule has 0 amide bonds. The summed E-state index contributed by atoms with van der Waals surface area (Å²) in [5, 5.41) is 27.4. The average Bonchev–Trinajstić information content (AvgIpc) is 3.79. The van der Waals surface area contributed by atoms with Crippen LogP contribution >= 0.6 is 0 Å². The van der Waals surface area contributed by atoms with Crippen molar-refractivity contribution >= 4 is 53.3 Å². The van der Waals surface area contributed by atoms with Crippen molar-refractivity contribution < 1.29 is 29.3 Å². The van der Waals surface area contributed by atoms with Crippen LogP contribution in [-0.2, 0) is 25.5 Å². The maximum absolute atomic E-state index is 14.1. The van der Waals surface area contributed by atoms with Gasteiger partial charge in [0.1, 0.15) is 0 Å². The van der Waals surface area contributed by atoms with Crippen molar-refractivity contribution in [3.05, 3.63) is 78.4 Å². The molecule has 2 aliphatic heterocycles. The van der Waals surface area contributed by atoms with Gasteiger partial charge in [0.2, 0.25) is 0 Å². The molecule has 47 heavy (non-hydrogen) atoms. The molecule has 6 rings (SSSR count). The summed E-state index contributed by atoms with van der Waals surface area (Å²) >= 11 is 0. The summed E-state index contributed by atoms with van der Waals surface area (Å²) in [4.78, 5) is 37.7. The second kappa shape index (κ2) is 12.0. The van der Waals surface area contributed by atoms with Crippen LogP contribution in [0.3, 0.4) is 0 Å². The van der Waals surface area contributed by atoms with Gasteiger partial charge in [-0.2, -0.15) is 0 Å². The largest absolute Gasteiger partial charge is 0.874 e. The van der Waals surface area contributed by atoms with Gasteiger partial charge in [0.25, 0.3) is 0 Å². The lowest BCUT2D eigenvalue weighted by Crippen LogP contribution is -2.35. The number of nitrogens with two attached hydrogens (primary N) is 1. The van der Waals surface area contributed by atoms with Crippen LogP contribution in [-0.4, -0.2) is 58.2 Å². The number of aromatic amines is 2. The van der Waals surface area contributed by atoms with Gasteiger partial charge in [0, 0.05) is 52.2 Å². The molecular weight excluding hydrogens is 598 g/mol. The van der Waals surface area contributed by atoms with Gasteiger partial charge in [0.15, 0.2) is 0 Å². The highest BCUT2D eigenvalue weighted by atomic mass is 16.5. The number of nitrogens with zero attached hydrogens (tertiary/aromatic N) is 2. The number of aromatic nitrogens is 3. The monoisotopic (exact) mass is 638 g/mol. The molecule has 3 aliphatic rings. The van der Waals surface area contributed by atoms with Gasteiger partial charge in [-0.05, 0) is 79.3 Å². The van der Waals surface area contributed by atoms with Crippen LogP contribution in [0.25, 0.3) is 35.6 Å². The third kappa shape index (κ3) is 4.79. The van der Waals surface area contributed by atoms with E-state index in [0.717, 1.165) is 50.8 Å². The third-order valence-electron chi connectivity index (χ3n) is 10.1. The molecule has 0 aromatic carbocycles. The van der Waals surface area contributed by atoms with Crippen molar-refractivity contribution in [2.24, 2.45) is 22.7 Å². The van der Waals surface area contributed by atoms with Gasteiger partial charge in [-0.1, -0.05) is 19.6 Å². The molecule has 11 nitrogen and oxygen atoms in total. The van der Waals surface area contributed by atoms with Gasteiger partial charge in [0.05, 0.1) is 48.5 Å². The maximum atomic E-state index is 14.1. The Morgan fingerprint density at radius 3 is 2.38 bits per heavy atom. The van der Waals surface area contributed by atoms with E-state index in [1.54, 1.807) is 10.8 Å². The van der Waals surface area contributed by atoms with Crippen LogP contribution in [0.5, 0.6) is 0 Å². The lowest BCUT2D eigenvalue weighted by atomic mass is 9.80. The number of fused-ring (bicyclic) bond motifs is 7. The van der Waals surface area contributed by atoms with Gasteiger partial charge < -0.3 is 35.5 Å². The normalized spacial score (nSPS) is 22.1. The molecule has 0 saturated carbocycles. The first-order valence-electron chi connectivity index (χ1n) is 15.7. The number of H-pyrrole nitrogens is 2. The van der Waals surface area contributed by atoms with Crippen LogP contribution < -0.4 is 32.2 Å². The maximum Gasteiger partial charge on any atom is 0.316 e. The van der Waals surface area contributed by atoms with E-state index in [-0.39, 0.29) is 19.4 Å². The number of aliphatic imine (C=N–C) groups is 1. The molecular formula is C36H40N5O6-. The summed E-state index contributed by atoms with van der Waals surface area (Å²) in [6, 6.07) is 0. The number of nitrogens with one attached hydrogen (secondary N) is 2. The molecule has 5 N–H and O–H groups in total. The Bertz CT molecular complexity index is 2170. The molecule has 0 saturated heterocycles. The second-order valence-electron chi connectivity index (χ2n) is 12.3. The number of methoxy groups -OCH3 is 2. The van der Waals surface area contributed by atoms with Crippen molar-refractivity contribution in [3.8, 4) is 0 Å². The first-order chi connectivity index (χ1) is 22.5. The zero-order valence-corrected chi connectivity index (χ0v) is 27.5. The standard InChI is InChI=1S/C36H41N5O6/c1-8-19-16(3)23-12-25-22(15-42)21(10-11-29(43)46-6)33(40-25)31-32(36(45)47-7)35(44)30-18(5)24(39-34(30)31)13-28-20(9-2)17(4)27(41(28)37)14-26(19)38-23/h8,12-14,21-22,32,38-39,42,44H,1,9-11,15,37H2,2-7H3/p-1/b25-12-,27-14-,28-13-/t21-,22-,32+/m0/s1. The number of aliphatic hydroxyl groups excluding tert-OH is 1. The molecule has 0 radical (unpaired) electrons. The highest BCUT2D eigenvalue weighted by molar-refractivity contribution is 6.27. The van der Waals surface area contributed by atoms with Crippen LogP contribution in [0.1, 0.15) is 64.7 Å². The molecule has 0 unspecified atom stereocenters. The quantitative estimate of drug-likeness (QED) is 0.209. The van der Waals surface area contributed by atoms with Crippen molar-refractivity contribution in [2.75, 3.05) is 26.7 Å². The van der Waals surface area contributed by atoms with Gasteiger partial charge in [-0.15, -0.1) is 5.76 Å². The van der Waals surface area contributed by atoms with Gasteiger partial charge in [-0.25, -0.2) is 0 Å². The number of ether oxygens (including phenoxy) is 2. The lowest BCUT2D eigenvalue weighted by molar-refractivity contribution is -0.255. The molecule has 3 aromatic rings. The van der Waals surface area contributed by atoms with Crippen LogP contribution in [0, 0.1) is 38.5 Å². The Morgan fingerprint density at radius 1 is 1.04 bits per heavy atom. The first kappa shape index (κ1) is 31.9. The Hall–Kier alpha value is -5.03. The molecule has 5 heterocycles. The van der Waals surface area contributed by atoms with Crippen molar-refractivity contribution in [3.63, 3.8) is 0 Å². The van der Waals surface area contributed by atoms with Crippen molar-refractivity contribution in [1.82, 2.24) is 14.6 Å². The molecule has 8 bridgehead atoms. The fourth-order valence-corrected chi connectivity index (χ4v) is 7.52. The minimum atomic E-state index is -1.26. The van der Waals surface area contributed by atoms with E-state index in [9.17, 15) is 19.8 Å². The summed E-state index contributed by atoms with van der Waals surface area (Å²) in [5.74, 6) is 3.00. The van der Waals surface area contributed by atoms with Crippen LogP contribution in [0.2, 0.25) is 0 Å². The van der Waals surface area contributed by atoms with Gasteiger partial charge in [-0.3, -0.25) is 19.3 Å². The summed E-state index contributed by atoms with van der Waals surface area (Å²) in [7, 11) is 2.57. The number of hydrogen-bond donors (Lipinski definition) is 4. The molecule has 246 valence electrons. The predicted molar refractivity (Wildman–Crippen MR) is 179 cm³/mol. The molecule has 3 atom stereocenters. The van der Waals surface area contributed by atoms with E-state index < -0.39 is 35.5 Å². The summed E-state index contributed by atoms with van der Waals surface area (Å²) in [5.41, 5.74) is 8.21. The molecule has 1 aliphatic carbocycles. The molecule has 0 spiro atoms. The van der Waals surface area contributed by atoms with Crippen LogP contribution in [0.15, 0.2) is 17.3 Å². The summed E-state index contributed by atoms with van der Waals surface area (Å²) in [6.45, 7) is 11.7. The number of aliphatic hydroxyl groups is 1. The van der Waals surface area contributed by atoms with E-state index in [2.05, 4.69) is 23.5 Å². The van der Waals surface area contributed by atoms with E-state index in [4.69, 9.17) is 20.3 Å². The number of esters is 2. The fraction of sp³-hybridized carbons (Fsp3) is 0.361. The Kier molecular flexibility index (Phi) is 8.13. The smallest absolute Gasteiger partial charge is 0.316 e. The highest BCUT2D eigenvalue weighted by Crippen LogP contribution is 2.41. The molecule has 3 aromatic heterocycles. The SMILES string of the molecule is C=Cc1c2[nH]c(c1C)/C=C1\N=C(C3=c4[nH]c(c(C)c4=C([O-])[C@@H]3C(=O)OC)/C=c3/c(CC)c(C)/c(n3N)=C/2)[C@@H](CCC(=O)OC)[C@@H]1CO. The van der Waals surface area contributed by atoms with Crippen molar-refractivity contribution in [1.29, 1.82) is 0 Å². The summed E-state index contributed by atoms with van der Waals surface area (Å²) in [6.07, 6.45) is 8.67. The predicted octanol–water partition coefficient (Wildman–Crippen LogP) is 0.0554. The van der Waals surface area contributed by atoms with Crippen LogP contribution in [0.4, 0.5) is 0 Å². The lowest BCUT2D eigenvalue weighted by Gasteiger charge is -2.25. The Morgan fingerprint density at radius 2 is 1.74 bits per heavy atom. The number of hydrogen-bond acceptors (Lipinski definition) is 8. The zero-order valence-electron chi connectivity index (χ0n) is 27.5. The second-order valence-corrected chi connectivity index (χ2v) is 12.3. The molecule has 11 heteroatoms. The molecule has 0 fully saturated rings. The number of nitrogen functional groups attached to an aromatic ring is 1. The van der Waals surface area contributed by atoms with E-state index in [0.29, 0.717) is 38.8 Å². The van der Waals surface area contributed by atoms with Crippen molar-refractivity contribution in [2.45, 2.75) is 47.0 Å². The minimum absolute atomic E-state index is 0.0553. The number of carbonyl (C=O) groups excluding carboxylic acids is 2. The Labute approximate surface area is 271 Å². The van der Waals surface area contributed by atoms with E-state index in [1.807, 2.05) is 39.0 Å². The third-order valence-corrected chi connectivity index (χ3v) is 10.1. The number of rotatable bonds is 7. The Balaban J connectivity index is 1.78.